The van der Waals surface area contributed by atoms with Gasteiger partial charge in [0.2, 0.25) is 0 Å². The number of rotatable bonds is 3. The minimum atomic E-state index is -0.0968. The van der Waals surface area contributed by atoms with Crippen LogP contribution in [-0.2, 0) is 6.42 Å². The van der Waals surface area contributed by atoms with E-state index in [9.17, 15) is 4.79 Å². The maximum Gasteiger partial charge on any atom is 0.254 e. The van der Waals surface area contributed by atoms with Crippen LogP contribution >= 0.6 is 11.8 Å². The largest absolute Gasteiger partial charge is 0.301 e. The second kappa shape index (κ2) is 4.82. The third kappa shape index (κ3) is 2.36. The summed E-state index contributed by atoms with van der Waals surface area (Å²) in [5.41, 5.74) is 1.36. The van der Waals surface area contributed by atoms with Crippen molar-refractivity contribution >= 4 is 11.8 Å². The Bertz CT molecular complexity index is 419. The summed E-state index contributed by atoms with van der Waals surface area (Å²) < 4.78 is 0. The fraction of sp³-hybridized carbons (Fsp3) is 0.444. The van der Waals surface area contributed by atoms with E-state index in [-0.39, 0.29) is 5.56 Å². The second-order valence-corrected chi connectivity index (χ2v) is 3.70. The molecule has 0 aliphatic rings. The third-order valence-corrected chi connectivity index (χ3v) is 2.57. The molecule has 0 saturated heterocycles. The van der Waals surface area contributed by atoms with Gasteiger partial charge in [-0.2, -0.15) is 5.26 Å². The summed E-state index contributed by atoms with van der Waals surface area (Å²) in [6.07, 6.45) is 0.678. The smallest absolute Gasteiger partial charge is 0.254 e. The Morgan fingerprint density at radius 3 is 2.86 bits per heavy atom. The number of H-pyrrole nitrogens is 1. The Morgan fingerprint density at radius 1 is 1.64 bits per heavy atom. The first-order valence-electron chi connectivity index (χ1n) is 4.28. The van der Waals surface area contributed by atoms with Gasteiger partial charge in [0.25, 0.3) is 5.56 Å². The third-order valence-electron chi connectivity index (χ3n) is 1.83. The van der Waals surface area contributed by atoms with Gasteiger partial charge in [0.05, 0.1) is 11.8 Å². The summed E-state index contributed by atoms with van der Waals surface area (Å²) in [4.78, 5) is 18.3. The molecule has 74 valence electrons. The van der Waals surface area contributed by atoms with Crippen molar-refractivity contribution in [2.24, 2.45) is 0 Å². The van der Waals surface area contributed by atoms with Gasteiger partial charge in [-0.05, 0) is 13.3 Å². The van der Waals surface area contributed by atoms with Gasteiger partial charge in [0, 0.05) is 11.3 Å². The van der Waals surface area contributed by atoms with E-state index in [0.717, 1.165) is 5.69 Å². The van der Waals surface area contributed by atoms with Gasteiger partial charge in [0.15, 0.2) is 5.16 Å². The normalized spacial score (nSPS) is 9.79. The number of nitrogens with one attached hydrogen (secondary N) is 1. The number of hydrogen-bond donors (Lipinski definition) is 1. The zero-order chi connectivity index (χ0) is 10.6. The molecule has 1 N–H and O–H groups in total. The van der Waals surface area contributed by atoms with E-state index in [1.165, 1.54) is 11.8 Å². The molecule has 0 saturated carbocycles. The first-order chi connectivity index (χ1) is 6.69. The van der Waals surface area contributed by atoms with Crippen molar-refractivity contribution in [1.82, 2.24) is 9.97 Å². The highest BCUT2D eigenvalue weighted by Crippen LogP contribution is 2.11. The monoisotopic (exact) mass is 209 g/mol. The van der Waals surface area contributed by atoms with Gasteiger partial charge in [-0.3, -0.25) is 4.79 Å². The SMILES string of the molecule is CCc1c(C)nc(SCC#N)[nH]c1=O. The van der Waals surface area contributed by atoms with Gasteiger partial charge in [0.1, 0.15) is 0 Å². The quantitative estimate of drug-likeness (QED) is 0.601. The molecule has 14 heavy (non-hydrogen) atoms. The van der Waals surface area contributed by atoms with Crippen molar-refractivity contribution in [2.75, 3.05) is 5.75 Å². The molecule has 1 aromatic rings. The number of thioether (sulfide) groups is 1. The number of aromatic nitrogens is 2. The van der Waals surface area contributed by atoms with Crippen LogP contribution in [0.15, 0.2) is 9.95 Å². The summed E-state index contributed by atoms with van der Waals surface area (Å²) in [5, 5.41) is 8.90. The predicted molar refractivity (Wildman–Crippen MR) is 55.3 cm³/mol. The highest BCUT2D eigenvalue weighted by molar-refractivity contribution is 7.99. The second-order valence-electron chi connectivity index (χ2n) is 2.74. The number of aryl methyl sites for hydroxylation is 1. The number of nitrogens with zero attached hydrogens (tertiary/aromatic N) is 2. The highest BCUT2D eigenvalue weighted by atomic mass is 32.2. The lowest BCUT2D eigenvalue weighted by Crippen LogP contribution is -2.16. The van der Waals surface area contributed by atoms with E-state index in [0.29, 0.717) is 22.9 Å². The molecule has 0 fully saturated rings. The summed E-state index contributed by atoms with van der Waals surface area (Å²) in [6.45, 7) is 3.73. The van der Waals surface area contributed by atoms with E-state index < -0.39 is 0 Å². The van der Waals surface area contributed by atoms with Gasteiger partial charge < -0.3 is 4.98 Å². The zero-order valence-electron chi connectivity index (χ0n) is 8.13. The Hall–Kier alpha value is -1.28. The molecule has 4 nitrogen and oxygen atoms in total. The highest BCUT2D eigenvalue weighted by Gasteiger charge is 2.05. The fourth-order valence-electron chi connectivity index (χ4n) is 1.17. The zero-order valence-corrected chi connectivity index (χ0v) is 8.94. The maximum absolute atomic E-state index is 11.5. The molecule has 0 spiro atoms. The van der Waals surface area contributed by atoms with Crippen molar-refractivity contribution < 1.29 is 0 Å². The van der Waals surface area contributed by atoms with Gasteiger partial charge in [-0.15, -0.1) is 0 Å². The molecule has 0 bridgehead atoms. The van der Waals surface area contributed by atoms with Crippen LogP contribution in [0.25, 0.3) is 0 Å². The lowest BCUT2D eigenvalue weighted by atomic mass is 10.2. The first kappa shape index (κ1) is 10.8. The molecule has 0 unspecified atom stereocenters. The lowest BCUT2D eigenvalue weighted by Gasteiger charge is -2.02. The Balaban J connectivity index is 3.03. The fourth-order valence-corrected chi connectivity index (χ4v) is 1.74. The van der Waals surface area contributed by atoms with Crippen LogP contribution in [0, 0.1) is 18.3 Å². The van der Waals surface area contributed by atoms with Gasteiger partial charge in [-0.1, -0.05) is 18.7 Å². The standard InChI is InChI=1S/C9H11N3OS/c1-3-7-6(2)11-9(12-8(7)13)14-5-4-10/h3,5H2,1-2H3,(H,11,12,13). The molecular weight excluding hydrogens is 198 g/mol. The molecule has 1 rings (SSSR count). The average molecular weight is 209 g/mol. The molecule has 1 aromatic heterocycles. The minimum Gasteiger partial charge on any atom is -0.301 e. The summed E-state index contributed by atoms with van der Waals surface area (Å²) in [6, 6.07) is 1.98. The van der Waals surface area contributed by atoms with Crippen LogP contribution in [0.5, 0.6) is 0 Å². The minimum absolute atomic E-state index is 0.0968. The Labute approximate surface area is 86.4 Å². The van der Waals surface area contributed by atoms with Crippen LogP contribution in [0.1, 0.15) is 18.2 Å². The molecule has 1 heterocycles. The molecule has 0 aliphatic carbocycles. The van der Waals surface area contributed by atoms with Crippen LogP contribution in [0.2, 0.25) is 0 Å². The average Bonchev–Trinajstić information content (AvgIpc) is 2.14. The summed E-state index contributed by atoms with van der Waals surface area (Å²) >= 11 is 1.24. The first-order valence-corrected chi connectivity index (χ1v) is 5.27. The molecule has 5 heteroatoms. The van der Waals surface area contributed by atoms with Crippen molar-refractivity contribution in [3.63, 3.8) is 0 Å². The Kier molecular flexibility index (Phi) is 3.72. The number of nitriles is 1. The molecule has 0 aliphatic heterocycles. The molecule has 0 atom stereocenters. The predicted octanol–water partition coefficient (Wildman–Crippen LogP) is 1.26. The lowest BCUT2D eigenvalue weighted by molar-refractivity contribution is 0.860. The Morgan fingerprint density at radius 2 is 2.36 bits per heavy atom. The number of hydrogen-bond acceptors (Lipinski definition) is 4. The maximum atomic E-state index is 11.5. The molecular formula is C9H11N3OS. The van der Waals surface area contributed by atoms with E-state index in [2.05, 4.69) is 9.97 Å². The van der Waals surface area contributed by atoms with Gasteiger partial charge >= 0.3 is 0 Å². The number of aromatic amines is 1. The van der Waals surface area contributed by atoms with Crippen molar-refractivity contribution in [2.45, 2.75) is 25.4 Å². The molecule has 0 aromatic carbocycles. The van der Waals surface area contributed by atoms with E-state index in [1.807, 2.05) is 19.9 Å². The van der Waals surface area contributed by atoms with Crippen molar-refractivity contribution in [3.8, 4) is 6.07 Å². The summed E-state index contributed by atoms with van der Waals surface area (Å²) in [5.74, 6) is 0.299. The van der Waals surface area contributed by atoms with E-state index in [1.54, 1.807) is 0 Å². The van der Waals surface area contributed by atoms with Crippen molar-refractivity contribution in [3.05, 3.63) is 21.6 Å². The molecule has 0 radical (unpaired) electrons. The van der Waals surface area contributed by atoms with Crippen LogP contribution in [-0.4, -0.2) is 15.7 Å². The summed E-state index contributed by atoms with van der Waals surface area (Å²) in [7, 11) is 0. The van der Waals surface area contributed by atoms with E-state index >= 15 is 0 Å². The topological polar surface area (TPSA) is 69.5 Å². The van der Waals surface area contributed by atoms with Crippen LogP contribution < -0.4 is 5.56 Å². The van der Waals surface area contributed by atoms with Crippen molar-refractivity contribution in [1.29, 1.82) is 5.26 Å². The van der Waals surface area contributed by atoms with E-state index in [4.69, 9.17) is 5.26 Å². The molecule has 0 amide bonds. The van der Waals surface area contributed by atoms with Gasteiger partial charge in [-0.25, -0.2) is 4.98 Å². The van der Waals surface area contributed by atoms with Crippen LogP contribution in [0.3, 0.4) is 0 Å². The van der Waals surface area contributed by atoms with Crippen LogP contribution in [0.4, 0.5) is 0 Å².